The topological polar surface area (TPSA) is 41.5 Å². The fourth-order valence-corrected chi connectivity index (χ4v) is 5.28. The molecule has 0 saturated carbocycles. The third-order valence-corrected chi connectivity index (χ3v) is 7.82. The van der Waals surface area contributed by atoms with Crippen LogP contribution in [0.25, 0.3) is 0 Å². The molecule has 3 nitrogen and oxygen atoms in total. The fourth-order valence-electron chi connectivity index (χ4n) is 3.88. The summed E-state index contributed by atoms with van der Waals surface area (Å²) in [5.41, 5.74) is 0.992. The van der Waals surface area contributed by atoms with Crippen LogP contribution in [-0.4, -0.2) is 41.1 Å². The van der Waals surface area contributed by atoms with E-state index in [0.717, 1.165) is 17.1 Å². The molecule has 0 radical (unpaired) electrons. The molecule has 1 atom stereocenters. The Hall–Kier alpha value is -1.34. The van der Waals surface area contributed by atoms with Gasteiger partial charge in [0.15, 0.2) is 0 Å². The molecule has 2 aliphatic heterocycles. The van der Waals surface area contributed by atoms with Crippen LogP contribution in [0.2, 0.25) is 10.0 Å². The summed E-state index contributed by atoms with van der Waals surface area (Å²) in [5, 5.41) is -0.0581. The summed E-state index contributed by atoms with van der Waals surface area (Å²) in [4.78, 5) is 16.9. The second-order valence-corrected chi connectivity index (χ2v) is 10.3. The monoisotopic (exact) mass is 502 g/mol. The lowest BCUT2D eigenvalue weighted by Gasteiger charge is -2.33. The number of carbonyl (C=O) groups excluding carboxylic acids is 1. The van der Waals surface area contributed by atoms with Crippen molar-refractivity contribution < 1.29 is 13.6 Å². The van der Waals surface area contributed by atoms with Gasteiger partial charge in [-0.1, -0.05) is 29.3 Å². The SMILES string of the molecule is Cc1cc(C2=NCC(c3cc(Cl)cc(Cl)c3)(C(F)(F)Cl)C2)ccc1C(=O)NC1CSC1. The van der Waals surface area contributed by atoms with Gasteiger partial charge in [-0.05, 0) is 65.5 Å². The predicted octanol–water partition coefficient (Wildman–Crippen LogP) is 6.11. The van der Waals surface area contributed by atoms with Crippen LogP contribution in [-0.2, 0) is 5.41 Å². The van der Waals surface area contributed by atoms with Crippen molar-refractivity contribution in [2.75, 3.05) is 18.1 Å². The number of alkyl halides is 3. The van der Waals surface area contributed by atoms with E-state index in [9.17, 15) is 13.6 Å². The van der Waals surface area contributed by atoms with E-state index in [1.54, 1.807) is 30.0 Å². The van der Waals surface area contributed by atoms with E-state index >= 15 is 0 Å². The van der Waals surface area contributed by atoms with Crippen molar-refractivity contribution in [3.8, 4) is 0 Å². The highest BCUT2D eigenvalue weighted by molar-refractivity contribution is 8.00. The molecule has 2 aromatic rings. The van der Waals surface area contributed by atoms with Crippen LogP contribution in [0.4, 0.5) is 8.78 Å². The summed E-state index contributed by atoms with van der Waals surface area (Å²) in [6.45, 7) is 1.62. The van der Waals surface area contributed by atoms with Crippen LogP contribution < -0.4 is 5.32 Å². The molecule has 0 bridgehead atoms. The third-order valence-electron chi connectivity index (χ3n) is 5.74. The molecule has 0 aromatic heterocycles. The minimum absolute atomic E-state index is 0.0789. The van der Waals surface area contributed by atoms with Crippen molar-refractivity contribution in [1.82, 2.24) is 5.32 Å². The highest BCUT2D eigenvalue weighted by atomic mass is 35.5. The highest BCUT2D eigenvalue weighted by Gasteiger charge is 2.56. The van der Waals surface area contributed by atoms with Crippen molar-refractivity contribution in [3.05, 3.63) is 68.7 Å². The molecule has 1 N–H and O–H groups in total. The quantitative estimate of drug-likeness (QED) is 0.500. The minimum Gasteiger partial charge on any atom is -0.348 e. The number of hydrogen-bond acceptors (Lipinski definition) is 3. The molecule has 2 aromatic carbocycles. The molecule has 0 spiro atoms. The smallest absolute Gasteiger partial charge is 0.333 e. The summed E-state index contributed by atoms with van der Waals surface area (Å²) in [7, 11) is 0. The number of carbonyl (C=O) groups is 1. The van der Waals surface area contributed by atoms with Crippen molar-refractivity contribution in [3.63, 3.8) is 0 Å². The molecule has 9 heteroatoms. The number of nitrogens with one attached hydrogen (secondary N) is 1. The van der Waals surface area contributed by atoms with Crippen molar-refractivity contribution in [1.29, 1.82) is 0 Å². The van der Waals surface area contributed by atoms with Gasteiger partial charge < -0.3 is 5.32 Å². The fraction of sp³-hybridized carbons (Fsp3) is 0.364. The summed E-state index contributed by atoms with van der Waals surface area (Å²) in [6, 6.07) is 9.86. The molecule has 1 unspecified atom stereocenters. The van der Waals surface area contributed by atoms with Gasteiger partial charge in [0, 0.05) is 45.3 Å². The molecular formula is C22H19Cl3F2N2OS. The first-order valence-electron chi connectivity index (χ1n) is 9.65. The maximum Gasteiger partial charge on any atom is 0.333 e. The second kappa shape index (κ2) is 8.54. The summed E-state index contributed by atoms with van der Waals surface area (Å²) >= 11 is 19.5. The largest absolute Gasteiger partial charge is 0.348 e. The zero-order chi connectivity index (χ0) is 22.4. The molecule has 164 valence electrons. The Morgan fingerprint density at radius 1 is 1.19 bits per heavy atom. The average Bonchev–Trinajstić information content (AvgIpc) is 3.10. The molecule has 0 aliphatic carbocycles. The van der Waals surface area contributed by atoms with Gasteiger partial charge in [-0.15, -0.1) is 0 Å². The number of aryl methyl sites for hydroxylation is 1. The van der Waals surface area contributed by atoms with Crippen LogP contribution in [0.3, 0.4) is 0 Å². The number of halogens is 5. The van der Waals surface area contributed by atoms with Crippen LogP contribution in [0, 0.1) is 6.92 Å². The first-order valence-corrected chi connectivity index (χ1v) is 11.9. The van der Waals surface area contributed by atoms with E-state index in [1.165, 1.54) is 18.2 Å². The Kier molecular flexibility index (Phi) is 6.29. The van der Waals surface area contributed by atoms with Gasteiger partial charge in [0.25, 0.3) is 5.91 Å². The van der Waals surface area contributed by atoms with Gasteiger partial charge in [0.2, 0.25) is 0 Å². The molecular weight excluding hydrogens is 485 g/mol. The maximum atomic E-state index is 14.7. The predicted molar refractivity (Wildman–Crippen MR) is 125 cm³/mol. The Bertz CT molecular complexity index is 1050. The summed E-state index contributed by atoms with van der Waals surface area (Å²) in [5.74, 6) is 1.71. The number of amides is 1. The molecule has 1 fully saturated rings. The Labute approximate surface area is 198 Å². The van der Waals surface area contributed by atoms with Crippen molar-refractivity contribution in [2.24, 2.45) is 4.99 Å². The lowest BCUT2D eigenvalue weighted by Crippen LogP contribution is -2.44. The van der Waals surface area contributed by atoms with Crippen LogP contribution in [0.5, 0.6) is 0 Å². The highest BCUT2D eigenvalue weighted by Crippen LogP contribution is 2.50. The van der Waals surface area contributed by atoms with E-state index in [4.69, 9.17) is 34.8 Å². The zero-order valence-corrected chi connectivity index (χ0v) is 19.6. The number of hydrogen-bond donors (Lipinski definition) is 1. The van der Waals surface area contributed by atoms with E-state index < -0.39 is 10.8 Å². The second-order valence-electron chi connectivity index (χ2n) is 7.92. The molecule has 2 aliphatic rings. The Morgan fingerprint density at radius 3 is 2.42 bits per heavy atom. The van der Waals surface area contributed by atoms with E-state index in [-0.39, 0.29) is 40.5 Å². The van der Waals surface area contributed by atoms with Gasteiger partial charge in [-0.25, -0.2) is 0 Å². The number of benzene rings is 2. The van der Waals surface area contributed by atoms with Gasteiger partial charge in [-0.3, -0.25) is 9.79 Å². The molecule has 31 heavy (non-hydrogen) atoms. The van der Waals surface area contributed by atoms with Gasteiger partial charge >= 0.3 is 5.38 Å². The zero-order valence-electron chi connectivity index (χ0n) is 16.5. The van der Waals surface area contributed by atoms with E-state index in [0.29, 0.717) is 16.8 Å². The lowest BCUT2D eigenvalue weighted by atomic mass is 9.77. The molecule has 1 amide bonds. The third kappa shape index (κ3) is 4.45. The number of aliphatic imine (C=N–C) groups is 1. The normalized spacial score (nSPS) is 21.5. The van der Waals surface area contributed by atoms with E-state index in [1.807, 2.05) is 6.92 Å². The van der Waals surface area contributed by atoms with E-state index in [2.05, 4.69) is 10.3 Å². The molecule has 2 heterocycles. The van der Waals surface area contributed by atoms with Gasteiger partial charge in [0.05, 0.1) is 12.0 Å². The number of rotatable bonds is 5. The van der Waals surface area contributed by atoms with Crippen molar-refractivity contribution in [2.45, 2.75) is 30.2 Å². The van der Waals surface area contributed by atoms with Crippen LogP contribution in [0.1, 0.15) is 33.5 Å². The molecule has 1 saturated heterocycles. The Balaban J connectivity index is 1.61. The summed E-state index contributed by atoms with van der Waals surface area (Å²) < 4.78 is 29.4. The van der Waals surface area contributed by atoms with Crippen LogP contribution >= 0.6 is 46.6 Å². The lowest BCUT2D eigenvalue weighted by molar-refractivity contribution is 0.0141. The summed E-state index contributed by atoms with van der Waals surface area (Å²) in [6.07, 6.45) is -0.0789. The standard InChI is InChI=1S/C22H19Cl3F2N2OS/c1-12-4-13(2-3-18(12)20(30)29-17-9-31-10-17)19-8-21(11-28-19,22(25,26)27)14-5-15(23)7-16(24)6-14/h2-7,17H,8-11H2,1H3,(H,29,30). The first kappa shape index (κ1) is 22.8. The maximum absolute atomic E-state index is 14.7. The van der Waals surface area contributed by atoms with Gasteiger partial charge in [0.1, 0.15) is 0 Å². The van der Waals surface area contributed by atoms with Crippen LogP contribution in [0.15, 0.2) is 41.4 Å². The average molecular weight is 504 g/mol. The number of nitrogens with zero attached hydrogens (tertiary/aromatic N) is 1. The number of thioether (sulfide) groups is 1. The van der Waals surface area contributed by atoms with Gasteiger partial charge in [-0.2, -0.15) is 20.5 Å². The molecule has 4 rings (SSSR count). The Morgan fingerprint density at radius 2 is 1.87 bits per heavy atom. The van der Waals surface area contributed by atoms with Crippen molar-refractivity contribution >= 4 is 58.2 Å². The minimum atomic E-state index is -3.57. The first-order chi connectivity index (χ1) is 14.6.